The molecule has 3 rings (SSSR count). The molecule has 1 saturated heterocycles. The van der Waals surface area contributed by atoms with Gasteiger partial charge in [-0.15, -0.1) is 12.8 Å². The maximum Gasteiger partial charge on any atom is 0.417 e. The van der Waals surface area contributed by atoms with Crippen molar-refractivity contribution in [3.63, 3.8) is 0 Å². The molecule has 0 radical (unpaired) electrons. The van der Waals surface area contributed by atoms with E-state index in [2.05, 4.69) is 38.9 Å². The lowest BCUT2D eigenvalue weighted by atomic mass is 9.99. The number of piperazine rings is 1. The fourth-order valence-corrected chi connectivity index (χ4v) is 2.69. The molecule has 2 heterocycles. The van der Waals surface area contributed by atoms with Crippen LogP contribution in [0.3, 0.4) is 0 Å². The van der Waals surface area contributed by atoms with E-state index in [-0.39, 0.29) is 11.6 Å². The zero-order valence-corrected chi connectivity index (χ0v) is 14.2. The smallest absolute Gasteiger partial charge is 0.329 e. The van der Waals surface area contributed by atoms with E-state index in [0.29, 0.717) is 25.2 Å². The normalized spacial score (nSPS) is 18.8. The fourth-order valence-electron chi connectivity index (χ4n) is 2.69. The summed E-state index contributed by atoms with van der Waals surface area (Å²) < 4.78 is 38.7. The van der Waals surface area contributed by atoms with Gasteiger partial charge in [-0.3, -0.25) is 4.79 Å². The molecule has 1 aromatic rings. The summed E-state index contributed by atoms with van der Waals surface area (Å²) >= 11 is 0. The summed E-state index contributed by atoms with van der Waals surface area (Å²) in [5.41, 5.74) is -0.500. The lowest BCUT2D eigenvalue weighted by Gasteiger charge is -2.30. The van der Waals surface area contributed by atoms with Gasteiger partial charge in [0.2, 0.25) is 0 Å². The topological polar surface area (TPSA) is 32.3 Å². The number of amides is 1. The highest BCUT2D eigenvalue weighted by Crippen LogP contribution is 2.41. The minimum atomic E-state index is -4.48. The summed E-state index contributed by atoms with van der Waals surface area (Å²) in [6, 6.07) is 3.69. The highest BCUT2D eigenvalue weighted by molar-refractivity contribution is 6.01. The van der Waals surface area contributed by atoms with Gasteiger partial charge in [0.1, 0.15) is 0 Å². The Balaban J connectivity index is 0.000000423. The molecular formula is C18H23F3N2O. The molecule has 2 aliphatic heterocycles. The molecule has 24 heavy (non-hydrogen) atoms. The lowest BCUT2D eigenvalue weighted by Crippen LogP contribution is -2.44. The van der Waals surface area contributed by atoms with Crippen LogP contribution in [-0.4, -0.2) is 30.4 Å². The van der Waals surface area contributed by atoms with Crippen LogP contribution >= 0.6 is 0 Å². The monoisotopic (exact) mass is 340 g/mol. The molecule has 0 saturated carbocycles. The Morgan fingerprint density at radius 3 is 2.38 bits per heavy atom. The number of hydrogen-bond acceptors (Lipinski definition) is 2. The third kappa shape index (κ3) is 4.30. The molecule has 3 nitrogen and oxygen atoms in total. The average Bonchev–Trinajstić information content (AvgIpc) is 2.82. The van der Waals surface area contributed by atoms with Gasteiger partial charge >= 0.3 is 6.18 Å². The number of terminal acetylenes is 1. The molecule has 0 aliphatic carbocycles. The zero-order chi connectivity index (χ0) is 18.5. The number of halogens is 3. The van der Waals surface area contributed by atoms with Crippen molar-refractivity contribution >= 4 is 5.91 Å². The van der Waals surface area contributed by atoms with Crippen LogP contribution in [0.5, 0.6) is 0 Å². The standard InChI is InChI=1S/C12H11F3N2O.C4H10.C2H2/c13-12(14,15)8-3-1-2-7-9-6-16-4-5-17(9)11(18)10(7)8;1-4(2)3;1-2/h1-3,9,16H,4-6H2;4H,1-3H3;1-2H. The molecule has 0 spiro atoms. The second kappa shape index (κ2) is 8.20. The number of carbonyl (C=O) groups excluding carboxylic acids is 1. The number of nitrogens with zero attached hydrogens (tertiary/aromatic N) is 1. The van der Waals surface area contributed by atoms with Crippen molar-refractivity contribution in [2.75, 3.05) is 19.6 Å². The van der Waals surface area contributed by atoms with E-state index in [1.807, 2.05) is 0 Å². The first-order valence-electron chi connectivity index (χ1n) is 7.78. The maximum atomic E-state index is 12.9. The van der Waals surface area contributed by atoms with E-state index in [1.54, 1.807) is 6.07 Å². The van der Waals surface area contributed by atoms with Crippen molar-refractivity contribution in [1.29, 1.82) is 0 Å². The van der Waals surface area contributed by atoms with Gasteiger partial charge < -0.3 is 10.2 Å². The predicted octanol–water partition coefficient (Wildman–Crippen LogP) is 3.72. The molecule has 1 amide bonds. The predicted molar refractivity (Wildman–Crippen MR) is 88.5 cm³/mol. The van der Waals surface area contributed by atoms with Gasteiger partial charge in [0.15, 0.2) is 0 Å². The van der Waals surface area contributed by atoms with Gasteiger partial charge in [0.25, 0.3) is 5.91 Å². The summed E-state index contributed by atoms with van der Waals surface area (Å²) in [5, 5.41) is 3.10. The first-order valence-corrected chi connectivity index (χ1v) is 7.78. The van der Waals surface area contributed by atoms with Crippen LogP contribution in [-0.2, 0) is 6.18 Å². The third-order valence-corrected chi connectivity index (χ3v) is 3.48. The second-order valence-electron chi connectivity index (χ2n) is 6.22. The van der Waals surface area contributed by atoms with E-state index in [9.17, 15) is 18.0 Å². The molecule has 1 aromatic carbocycles. The van der Waals surface area contributed by atoms with Gasteiger partial charge in [-0.05, 0) is 17.5 Å². The molecule has 0 aromatic heterocycles. The Morgan fingerprint density at radius 1 is 1.25 bits per heavy atom. The van der Waals surface area contributed by atoms with Crippen molar-refractivity contribution in [2.24, 2.45) is 5.92 Å². The summed E-state index contributed by atoms with van der Waals surface area (Å²) in [6.45, 7) is 8.09. The fraction of sp³-hybridized carbons (Fsp3) is 0.500. The molecule has 1 fully saturated rings. The van der Waals surface area contributed by atoms with Gasteiger partial charge in [-0.2, -0.15) is 13.2 Å². The highest BCUT2D eigenvalue weighted by atomic mass is 19.4. The summed E-state index contributed by atoms with van der Waals surface area (Å²) in [4.78, 5) is 13.6. The molecule has 2 aliphatic rings. The number of fused-ring (bicyclic) bond motifs is 3. The van der Waals surface area contributed by atoms with Crippen molar-refractivity contribution in [1.82, 2.24) is 10.2 Å². The minimum absolute atomic E-state index is 0.168. The molecule has 1 atom stereocenters. The number of hydrogen-bond donors (Lipinski definition) is 1. The Hall–Kier alpha value is -2.00. The van der Waals surface area contributed by atoms with Crippen LogP contribution in [0.2, 0.25) is 0 Å². The number of alkyl halides is 3. The van der Waals surface area contributed by atoms with Crippen LogP contribution < -0.4 is 5.32 Å². The van der Waals surface area contributed by atoms with Crippen LogP contribution in [0, 0.1) is 18.8 Å². The number of rotatable bonds is 0. The Morgan fingerprint density at radius 2 is 1.83 bits per heavy atom. The van der Waals surface area contributed by atoms with Crippen molar-refractivity contribution < 1.29 is 18.0 Å². The zero-order valence-electron chi connectivity index (χ0n) is 14.2. The van der Waals surface area contributed by atoms with E-state index >= 15 is 0 Å². The average molecular weight is 340 g/mol. The van der Waals surface area contributed by atoms with Crippen molar-refractivity contribution in [3.05, 3.63) is 34.9 Å². The van der Waals surface area contributed by atoms with E-state index < -0.39 is 17.6 Å². The van der Waals surface area contributed by atoms with Gasteiger partial charge in [0.05, 0.1) is 17.2 Å². The molecule has 1 N–H and O–H groups in total. The lowest BCUT2D eigenvalue weighted by molar-refractivity contribution is -0.137. The first-order chi connectivity index (χ1) is 11.2. The summed E-state index contributed by atoms with van der Waals surface area (Å²) in [7, 11) is 0. The number of carbonyl (C=O) groups is 1. The van der Waals surface area contributed by atoms with E-state index in [0.717, 1.165) is 12.0 Å². The molecule has 0 bridgehead atoms. The maximum absolute atomic E-state index is 12.9. The first kappa shape index (κ1) is 20.0. The van der Waals surface area contributed by atoms with Gasteiger partial charge in [-0.25, -0.2) is 0 Å². The Kier molecular flexibility index (Phi) is 6.85. The number of nitrogens with one attached hydrogen (secondary N) is 1. The third-order valence-electron chi connectivity index (χ3n) is 3.48. The second-order valence-corrected chi connectivity index (χ2v) is 6.22. The summed E-state index contributed by atoms with van der Waals surface area (Å²) in [5.74, 6) is 0.337. The molecule has 6 heteroatoms. The molecule has 1 unspecified atom stereocenters. The highest BCUT2D eigenvalue weighted by Gasteiger charge is 2.44. The number of benzene rings is 1. The SMILES string of the molecule is C#C.CC(C)C.O=C1c2c(cccc2C(F)(F)F)C2CNCCN12. The summed E-state index contributed by atoms with van der Waals surface area (Å²) in [6.07, 6.45) is 3.52. The largest absolute Gasteiger partial charge is 0.417 e. The van der Waals surface area contributed by atoms with Crippen molar-refractivity contribution in [2.45, 2.75) is 33.0 Å². The van der Waals surface area contributed by atoms with Crippen LogP contribution in [0.4, 0.5) is 13.2 Å². The van der Waals surface area contributed by atoms with Crippen LogP contribution in [0.25, 0.3) is 0 Å². The van der Waals surface area contributed by atoms with Crippen LogP contribution in [0.1, 0.15) is 48.3 Å². The van der Waals surface area contributed by atoms with E-state index in [4.69, 9.17) is 0 Å². The van der Waals surface area contributed by atoms with Gasteiger partial charge in [0, 0.05) is 19.6 Å². The van der Waals surface area contributed by atoms with Crippen molar-refractivity contribution in [3.8, 4) is 12.8 Å². The Bertz CT molecular complexity index is 591. The van der Waals surface area contributed by atoms with Gasteiger partial charge in [-0.1, -0.05) is 32.9 Å². The van der Waals surface area contributed by atoms with Crippen LogP contribution in [0.15, 0.2) is 18.2 Å². The Labute approximate surface area is 141 Å². The van der Waals surface area contributed by atoms with E-state index in [1.165, 1.54) is 11.0 Å². The molecule has 132 valence electrons. The molecular weight excluding hydrogens is 317 g/mol. The quantitative estimate of drug-likeness (QED) is 0.730. The minimum Gasteiger partial charge on any atom is -0.329 e.